The van der Waals surface area contributed by atoms with Crippen molar-refractivity contribution >= 4 is 23.2 Å². The Morgan fingerprint density at radius 1 is 1.28 bits per heavy atom. The molecule has 1 saturated heterocycles. The van der Waals surface area contributed by atoms with Gasteiger partial charge in [-0.3, -0.25) is 4.79 Å². The van der Waals surface area contributed by atoms with Crippen LogP contribution in [0.15, 0.2) is 42.7 Å². The van der Waals surface area contributed by atoms with Gasteiger partial charge in [0.2, 0.25) is 5.91 Å². The van der Waals surface area contributed by atoms with E-state index in [1.54, 1.807) is 6.33 Å². The minimum Gasteiger partial charge on any atom is -0.369 e. The third kappa shape index (κ3) is 4.07. The number of carbonyl (C=O) groups is 1. The maximum Gasteiger partial charge on any atom is 0.225 e. The van der Waals surface area contributed by atoms with E-state index in [0.29, 0.717) is 12.5 Å². The van der Waals surface area contributed by atoms with Gasteiger partial charge in [-0.1, -0.05) is 25.1 Å². The summed E-state index contributed by atoms with van der Waals surface area (Å²) in [7, 11) is 0. The molecule has 0 spiro atoms. The van der Waals surface area contributed by atoms with Gasteiger partial charge in [0.05, 0.1) is 5.92 Å². The van der Waals surface area contributed by atoms with Crippen LogP contribution in [0.1, 0.15) is 20.3 Å². The van der Waals surface area contributed by atoms with Crippen LogP contribution in [-0.4, -0.2) is 35.5 Å². The lowest BCUT2D eigenvalue weighted by Crippen LogP contribution is -2.44. The number of benzene rings is 1. The Hall–Kier alpha value is -2.63. The zero-order valence-corrected chi connectivity index (χ0v) is 14.8. The fraction of sp³-hybridized carbons (Fsp3) is 0.421. The van der Waals surface area contributed by atoms with Crippen molar-refractivity contribution in [2.24, 2.45) is 11.8 Å². The fourth-order valence-corrected chi connectivity index (χ4v) is 3.20. The molecule has 1 fully saturated rings. The van der Waals surface area contributed by atoms with Gasteiger partial charge in [0.25, 0.3) is 0 Å². The first-order valence-electron chi connectivity index (χ1n) is 8.85. The van der Waals surface area contributed by atoms with E-state index in [4.69, 9.17) is 0 Å². The molecule has 2 heterocycles. The van der Waals surface area contributed by atoms with E-state index in [0.717, 1.165) is 36.8 Å². The summed E-state index contributed by atoms with van der Waals surface area (Å²) in [5, 5.41) is 6.25. The largest absolute Gasteiger partial charge is 0.369 e. The van der Waals surface area contributed by atoms with Crippen molar-refractivity contribution in [3.05, 3.63) is 42.7 Å². The Labute approximate surface area is 148 Å². The number of carbonyl (C=O) groups excluding carboxylic acids is 1. The molecule has 0 aliphatic carbocycles. The Morgan fingerprint density at radius 2 is 2.08 bits per heavy atom. The molecule has 3 rings (SSSR count). The van der Waals surface area contributed by atoms with E-state index in [9.17, 15) is 4.79 Å². The summed E-state index contributed by atoms with van der Waals surface area (Å²) in [6.07, 6.45) is 2.58. The van der Waals surface area contributed by atoms with Gasteiger partial charge < -0.3 is 15.5 Å². The van der Waals surface area contributed by atoms with Crippen LogP contribution in [0.3, 0.4) is 0 Å². The van der Waals surface area contributed by atoms with E-state index in [1.807, 2.05) is 24.3 Å². The van der Waals surface area contributed by atoms with Crippen LogP contribution >= 0.6 is 0 Å². The Bertz CT molecular complexity index is 706. The maximum absolute atomic E-state index is 12.0. The van der Waals surface area contributed by atoms with E-state index < -0.39 is 0 Å². The first kappa shape index (κ1) is 17.2. The highest BCUT2D eigenvalue weighted by molar-refractivity contribution is 5.80. The predicted molar refractivity (Wildman–Crippen MR) is 99.9 cm³/mol. The number of hydrogen-bond acceptors (Lipinski definition) is 5. The standard InChI is InChI=1S/C19H25N5O/c1-3-24(15-7-5-4-6-8-15)18-11-17(22-13-23-18)21-12-16-14(2)9-10-20-19(16)25/h4-8,11,13-14,16H,3,9-10,12H2,1-2H3,(H,20,25)(H,21,22,23). The molecule has 2 atom stereocenters. The molecular formula is C19H25N5O. The first-order valence-corrected chi connectivity index (χ1v) is 8.85. The topological polar surface area (TPSA) is 70.2 Å². The molecule has 6 nitrogen and oxygen atoms in total. The lowest BCUT2D eigenvalue weighted by Gasteiger charge is -2.28. The van der Waals surface area contributed by atoms with E-state index in [1.165, 1.54) is 0 Å². The van der Waals surface area contributed by atoms with Crippen molar-refractivity contribution in [2.75, 3.05) is 29.9 Å². The van der Waals surface area contributed by atoms with Gasteiger partial charge in [-0.2, -0.15) is 0 Å². The van der Waals surface area contributed by atoms with Crippen LogP contribution in [0.4, 0.5) is 17.3 Å². The number of nitrogens with one attached hydrogen (secondary N) is 2. The molecule has 25 heavy (non-hydrogen) atoms. The second-order valence-electron chi connectivity index (χ2n) is 6.39. The summed E-state index contributed by atoms with van der Waals surface area (Å²) < 4.78 is 0. The third-order valence-electron chi connectivity index (χ3n) is 4.74. The summed E-state index contributed by atoms with van der Waals surface area (Å²) in [4.78, 5) is 22.9. The maximum atomic E-state index is 12.0. The van der Waals surface area contributed by atoms with Crippen LogP contribution in [-0.2, 0) is 4.79 Å². The van der Waals surface area contributed by atoms with Crippen LogP contribution < -0.4 is 15.5 Å². The average Bonchev–Trinajstić information content (AvgIpc) is 2.63. The molecule has 1 amide bonds. The SMILES string of the molecule is CCN(c1ccccc1)c1cc(NCC2C(=O)NCCC2C)ncn1. The smallest absolute Gasteiger partial charge is 0.225 e. The minimum absolute atomic E-state index is 0.0245. The second-order valence-corrected chi connectivity index (χ2v) is 6.39. The van der Waals surface area contributed by atoms with Crippen LogP contribution in [0.2, 0.25) is 0 Å². The summed E-state index contributed by atoms with van der Waals surface area (Å²) in [6.45, 7) is 6.39. The Balaban J connectivity index is 1.72. The second kappa shape index (κ2) is 7.96. The first-order chi connectivity index (χ1) is 12.2. The van der Waals surface area contributed by atoms with E-state index >= 15 is 0 Å². The number of anilines is 3. The molecule has 2 unspecified atom stereocenters. The Morgan fingerprint density at radius 3 is 2.80 bits per heavy atom. The summed E-state index contributed by atoms with van der Waals surface area (Å²) in [5.74, 6) is 2.06. The molecule has 2 aromatic rings. The zero-order valence-electron chi connectivity index (χ0n) is 14.8. The molecule has 2 N–H and O–H groups in total. The molecule has 0 saturated carbocycles. The average molecular weight is 339 g/mol. The number of amides is 1. The van der Waals surface area contributed by atoms with E-state index in [-0.39, 0.29) is 11.8 Å². The highest BCUT2D eigenvalue weighted by Gasteiger charge is 2.28. The quantitative estimate of drug-likeness (QED) is 0.847. The monoisotopic (exact) mass is 339 g/mol. The van der Waals surface area contributed by atoms with Crippen molar-refractivity contribution in [3.8, 4) is 0 Å². The number of hydrogen-bond donors (Lipinski definition) is 2. The van der Waals surface area contributed by atoms with Crippen molar-refractivity contribution in [3.63, 3.8) is 0 Å². The van der Waals surface area contributed by atoms with Gasteiger partial charge in [-0.25, -0.2) is 9.97 Å². The zero-order chi connectivity index (χ0) is 17.6. The van der Waals surface area contributed by atoms with E-state index in [2.05, 4.69) is 51.5 Å². The highest BCUT2D eigenvalue weighted by Crippen LogP contribution is 2.25. The Kier molecular flexibility index (Phi) is 5.48. The number of para-hydroxylation sites is 1. The molecule has 6 heteroatoms. The van der Waals surface area contributed by atoms with Gasteiger partial charge in [-0.05, 0) is 31.4 Å². The molecule has 1 aliphatic rings. The van der Waals surface area contributed by atoms with Gasteiger partial charge in [0.15, 0.2) is 0 Å². The van der Waals surface area contributed by atoms with Crippen molar-refractivity contribution < 1.29 is 4.79 Å². The third-order valence-corrected chi connectivity index (χ3v) is 4.74. The van der Waals surface area contributed by atoms with Crippen LogP contribution in [0.25, 0.3) is 0 Å². The lowest BCUT2D eigenvalue weighted by molar-refractivity contribution is -0.127. The molecule has 1 aromatic carbocycles. The van der Waals surface area contributed by atoms with Gasteiger partial charge >= 0.3 is 0 Å². The molecule has 132 valence electrons. The summed E-state index contributed by atoms with van der Waals surface area (Å²) >= 11 is 0. The van der Waals surface area contributed by atoms with Gasteiger partial charge in [0, 0.05) is 31.4 Å². The summed E-state index contributed by atoms with van der Waals surface area (Å²) in [5.41, 5.74) is 1.09. The van der Waals surface area contributed by atoms with Crippen LogP contribution in [0, 0.1) is 11.8 Å². The number of piperidine rings is 1. The van der Waals surface area contributed by atoms with Crippen molar-refractivity contribution in [1.82, 2.24) is 15.3 Å². The predicted octanol–water partition coefficient (Wildman–Crippen LogP) is 2.82. The highest BCUT2D eigenvalue weighted by atomic mass is 16.2. The van der Waals surface area contributed by atoms with Crippen LogP contribution in [0.5, 0.6) is 0 Å². The lowest BCUT2D eigenvalue weighted by atomic mass is 9.87. The van der Waals surface area contributed by atoms with Crippen molar-refractivity contribution in [1.29, 1.82) is 0 Å². The number of rotatable bonds is 6. The molecule has 0 bridgehead atoms. The molecule has 0 radical (unpaired) electrons. The fourth-order valence-electron chi connectivity index (χ4n) is 3.20. The summed E-state index contributed by atoms with van der Waals surface area (Å²) in [6, 6.07) is 12.1. The molecule has 1 aromatic heterocycles. The van der Waals surface area contributed by atoms with Gasteiger partial charge in [-0.15, -0.1) is 0 Å². The number of aromatic nitrogens is 2. The van der Waals surface area contributed by atoms with Gasteiger partial charge in [0.1, 0.15) is 18.0 Å². The minimum atomic E-state index is -0.0245. The number of nitrogens with zero attached hydrogens (tertiary/aromatic N) is 3. The normalized spacial score (nSPS) is 20.0. The molecular weight excluding hydrogens is 314 g/mol. The molecule has 1 aliphatic heterocycles. The van der Waals surface area contributed by atoms with Crippen molar-refractivity contribution in [2.45, 2.75) is 20.3 Å².